The minimum atomic E-state index is -0.0634. The van der Waals surface area contributed by atoms with Crippen LogP contribution in [0.3, 0.4) is 0 Å². The van der Waals surface area contributed by atoms with Gasteiger partial charge in [-0.1, -0.05) is 18.2 Å². The van der Waals surface area contributed by atoms with E-state index in [1.54, 1.807) is 35.6 Å². The average Bonchev–Trinajstić information content (AvgIpc) is 3.10. The van der Waals surface area contributed by atoms with E-state index in [0.29, 0.717) is 17.9 Å². The van der Waals surface area contributed by atoms with Crippen LogP contribution in [0.2, 0.25) is 0 Å². The summed E-state index contributed by atoms with van der Waals surface area (Å²) < 4.78 is 5.71. The lowest BCUT2D eigenvalue weighted by Crippen LogP contribution is -2.25. The Labute approximate surface area is 139 Å². The van der Waals surface area contributed by atoms with Crippen molar-refractivity contribution >= 4 is 17.2 Å². The van der Waals surface area contributed by atoms with Crippen molar-refractivity contribution in [2.75, 3.05) is 6.54 Å². The van der Waals surface area contributed by atoms with Gasteiger partial charge in [-0.3, -0.25) is 4.79 Å². The second-order valence-electron chi connectivity index (χ2n) is 5.08. The number of hydrogen-bond acceptors (Lipinski definition) is 3. The third-order valence-corrected chi connectivity index (χ3v) is 4.11. The monoisotopic (exact) mass is 323 g/mol. The number of carbonyl (C=O) groups excluding carboxylic acids is 1. The molecule has 0 spiro atoms. The molecular formula is C19H17NO2S. The lowest BCUT2D eigenvalue weighted by atomic mass is 10.2. The summed E-state index contributed by atoms with van der Waals surface area (Å²) in [5.74, 6) is 1.43. The summed E-state index contributed by atoms with van der Waals surface area (Å²) in [6.45, 7) is 0.637. The quantitative estimate of drug-likeness (QED) is 0.724. The first kappa shape index (κ1) is 15.3. The maximum absolute atomic E-state index is 12.1. The summed E-state index contributed by atoms with van der Waals surface area (Å²) in [5.41, 5.74) is 1.89. The van der Waals surface area contributed by atoms with Crippen molar-refractivity contribution in [1.29, 1.82) is 0 Å². The molecule has 23 heavy (non-hydrogen) atoms. The fourth-order valence-electron chi connectivity index (χ4n) is 2.16. The topological polar surface area (TPSA) is 38.3 Å². The van der Waals surface area contributed by atoms with Gasteiger partial charge in [0.1, 0.15) is 11.5 Å². The zero-order chi connectivity index (χ0) is 15.9. The van der Waals surface area contributed by atoms with Crippen LogP contribution in [-0.2, 0) is 6.42 Å². The normalized spacial score (nSPS) is 10.3. The summed E-state index contributed by atoms with van der Waals surface area (Å²) in [4.78, 5) is 12.1. The Bertz CT molecular complexity index is 737. The summed E-state index contributed by atoms with van der Waals surface area (Å²) in [5, 5.41) is 7.07. The predicted molar refractivity (Wildman–Crippen MR) is 93.3 cm³/mol. The molecule has 116 valence electrons. The van der Waals surface area contributed by atoms with E-state index in [-0.39, 0.29) is 5.91 Å². The van der Waals surface area contributed by atoms with Gasteiger partial charge in [0.25, 0.3) is 5.91 Å². The second kappa shape index (κ2) is 7.61. The third kappa shape index (κ3) is 4.44. The van der Waals surface area contributed by atoms with Gasteiger partial charge in [0, 0.05) is 12.1 Å². The van der Waals surface area contributed by atoms with Gasteiger partial charge in [-0.2, -0.15) is 11.3 Å². The smallest absolute Gasteiger partial charge is 0.251 e. The van der Waals surface area contributed by atoms with E-state index in [1.165, 1.54) is 5.56 Å². The zero-order valence-corrected chi connectivity index (χ0v) is 13.4. The Kier molecular flexibility index (Phi) is 5.06. The Morgan fingerprint density at radius 2 is 1.70 bits per heavy atom. The number of rotatable bonds is 6. The van der Waals surface area contributed by atoms with E-state index in [1.807, 2.05) is 35.7 Å². The van der Waals surface area contributed by atoms with Crippen molar-refractivity contribution in [3.63, 3.8) is 0 Å². The fourth-order valence-corrected chi connectivity index (χ4v) is 2.86. The van der Waals surface area contributed by atoms with Crippen LogP contribution in [0, 0.1) is 0 Å². The van der Waals surface area contributed by atoms with Crippen molar-refractivity contribution < 1.29 is 9.53 Å². The molecule has 0 radical (unpaired) electrons. The number of hydrogen-bond donors (Lipinski definition) is 1. The molecule has 0 fully saturated rings. The Morgan fingerprint density at radius 1 is 0.957 bits per heavy atom. The summed E-state index contributed by atoms with van der Waals surface area (Å²) in [6, 6.07) is 18.8. The highest BCUT2D eigenvalue weighted by atomic mass is 32.1. The van der Waals surface area contributed by atoms with E-state index < -0.39 is 0 Å². The van der Waals surface area contributed by atoms with Gasteiger partial charge in [-0.15, -0.1) is 0 Å². The molecule has 1 heterocycles. The van der Waals surface area contributed by atoms with E-state index in [2.05, 4.69) is 16.8 Å². The van der Waals surface area contributed by atoms with Crippen LogP contribution >= 0.6 is 11.3 Å². The zero-order valence-electron chi connectivity index (χ0n) is 12.6. The number of para-hydroxylation sites is 1. The summed E-state index contributed by atoms with van der Waals surface area (Å²) in [7, 11) is 0. The molecule has 2 aromatic carbocycles. The molecule has 1 amide bonds. The van der Waals surface area contributed by atoms with Crippen LogP contribution in [0.25, 0.3) is 0 Å². The van der Waals surface area contributed by atoms with Crippen molar-refractivity contribution in [3.05, 3.63) is 82.6 Å². The SMILES string of the molecule is O=C(NCCc1ccsc1)c1ccc(Oc2ccccc2)cc1. The van der Waals surface area contributed by atoms with Gasteiger partial charge in [0.05, 0.1) is 0 Å². The molecule has 1 aromatic heterocycles. The van der Waals surface area contributed by atoms with Crippen LogP contribution in [0.1, 0.15) is 15.9 Å². The third-order valence-electron chi connectivity index (χ3n) is 3.37. The predicted octanol–water partition coefficient (Wildman–Crippen LogP) is 4.51. The van der Waals surface area contributed by atoms with Gasteiger partial charge in [0.15, 0.2) is 0 Å². The number of benzene rings is 2. The summed E-state index contributed by atoms with van der Waals surface area (Å²) in [6.07, 6.45) is 0.852. The lowest BCUT2D eigenvalue weighted by molar-refractivity contribution is 0.0954. The molecule has 4 heteroatoms. The van der Waals surface area contributed by atoms with Crippen LogP contribution in [-0.4, -0.2) is 12.5 Å². The first-order valence-electron chi connectivity index (χ1n) is 7.43. The van der Waals surface area contributed by atoms with E-state index in [4.69, 9.17) is 4.74 Å². The maximum Gasteiger partial charge on any atom is 0.251 e. The fraction of sp³-hybridized carbons (Fsp3) is 0.105. The van der Waals surface area contributed by atoms with E-state index in [0.717, 1.165) is 12.2 Å². The minimum Gasteiger partial charge on any atom is -0.457 e. The van der Waals surface area contributed by atoms with Gasteiger partial charge < -0.3 is 10.1 Å². The van der Waals surface area contributed by atoms with Crippen LogP contribution in [0.4, 0.5) is 0 Å². The number of ether oxygens (including phenoxy) is 1. The molecule has 0 saturated carbocycles. The molecule has 0 atom stereocenters. The highest BCUT2D eigenvalue weighted by Crippen LogP contribution is 2.21. The molecule has 0 aliphatic heterocycles. The lowest BCUT2D eigenvalue weighted by Gasteiger charge is -2.07. The molecule has 0 bridgehead atoms. The molecule has 1 N–H and O–H groups in total. The van der Waals surface area contributed by atoms with Gasteiger partial charge in [-0.25, -0.2) is 0 Å². The van der Waals surface area contributed by atoms with Crippen molar-refractivity contribution in [1.82, 2.24) is 5.32 Å². The molecular weight excluding hydrogens is 306 g/mol. The van der Waals surface area contributed by atoms with E-state index in [9.17, 15) is 4.79 Å². The summed E-state index contributed by atoms with van der Waals surface area (Å²) >= 11 is 1.67. The molecule has 3 nitrogen and oxygen atoms in total. The number of amides is 1. The Hall–Kier alpha value is -2.59. The molecule has 3 aromatic rings. The van der Waals surface area contributed by atoms with Crippen molar-refractivity contribution in [2.45, 2.75) is 6.42 Å². The highest BCUT2D eigenvalue weighted by Gasteiger charge is 2.05. The van der Waals surface area contributed by atoms with Gasteiger partial charge in [-0.05, 0) is 65.2 Å². The number of nitrogens with one attached hydrogen (secondary N) is 1. The van der Waals surface area contributed by atoms with Crippen molar-refractivity contribution in [3.8, 4) is 11.5 Å². The molecule has 0 unspecified atom stereocenters. The van der Waals surface area contributed by atoms with Crippen LogP contribution in [0.15, 0.2) is 71.4 Å². The molecule has 0 saturated heterocycles. The molecule has 0 aliphatic rings. The standard InChI is InChI=1S/C19H17NO2S/c21-19(20-12-10-15-11-13-23-14-15)16-6-8-18(9-7-16)22-17-4-2-1-3-5-17/h1-9,11,13-14H,10,12H2,(H,20,21). The van der Waals surface area contributed by atoms with Crippen LogP contribution in [0.5, 0.6) is 11.5 Å². The largest absolute Gasteiger partial charge is 0.457 e. The first-order chi connectivity index (χ1) is 11.3. The second-order valence-corrected chi connectivity index (χ2v) is 5.86. The maximum atomic E-state index is 12.1. The number of carbonyl (C=O) groups is 1. The molecule has 3 rings (SSSR count). The minimum absolute atomic E-state index is 0.0634. The first-order valence-corrected chi connectivity index (χ1v) is 8.38. The van der Waals surface area contributed by atoms with Crippen molar-refractivity contribution in [2.24, 2.45) is 0 Å². The molecule has 0 aliphatic carbocycles. The van der Waals surface area contributed by atoms with E-state index >= 15 is 0 Å². The van der Waals surface area contributed by atoms with Gasteiger partial charge in [0.2, 0.25) is 0 Å². The Balaban J connectivity index is 1.53. The average molecular weight is 323 g/mol. The number of thiophene rings is 1. The van der Waals surface area contributed by atoms with Crippen LogP contribution < -0.4 is 10.1 Å². The Morgan fingerprint density at radius 3 is 2.39 bits per heavy atom. The highest BCUT2D eigenvalue weighted by molar-refractivity contribution is 7.07. The van der Waals surface area contributed by atoms with Gasteiger partial charge >= 0.3 is 0 Å².